The number of nitrogens with zero attached hydrogens (tertiary/aromatic N) is 1. The molecule has 0 aliphatic carbocycles. The van der Waals surface area contributed by atoms with E-state index in [9.17, 15) is 4.79 Å². The zero-order valence-electron chi connectivity index (χ0n) is 10.1. The van der Waals surface area contributed by atoms with Crippen molar-refractivity contribution in [2.45, 2.75) is 12.6 Å². The molecule has 5 nitrogen and oxygen atoms in total. The van der Waals surface area contributed by atoms with Gasteiger partial charge >= 0.3 is 6.09 Å². The molecule has 3 rings (SSSR count). The first-order chi connectivity index (χ1) is 8.78. The summed E-state index contributed by atoms with van der Waals surface area (Å²) in [5.41, 5.74) is 1.08. The minimum Gasteiger partial charge on any atom is -0.496 e. The van der Waals surface area contributed by atoms with Crippen LogP contribution in [0.5, 0.6) is 5.75 Å². The lowest BCUT2D eigenvalue weighted by molar-refractivity contribution is 0.131. The second kappa shape index (κ2) is 4.25. The van der Waals surface area contributed by atoms with Crippen LogP contribution in [0.15, 0.2) is 30.5 Å². The van der Waals surface area contributed by atoms with Crippen LogP contribution >= 0.6 is 0 Å². The molecule has 2 heterocycles. The van der Waals surface area contributed by atoms with E-state index in [1.54, 1.807) is 7.11 Å². The molecule has 0 bridgehead atoms. The molecule has 1 aliphatic rings. The molecule has 0 saturated carbocycles. The first kappa shape index (κ1) is 11.0. The number of alkyl carbamates (subject to hydrolysis) is 1. The van der Waals surface area contributed by atoms with Crippen molar-refractivity contribution in [1.82, 2.24) is 9.88 Å². The highest BCUT2D eigenvalue weighted by atomic mass is 16.6. The summed E-state index contributed by atoms with van der Waals surface area (Å²) >= 11 is 0. The van der Waals surface area contributed by atoms with Gasteiger partial charge in [-0.15, -0.1) is 0 Å². The van der Waals surface area contributed by atoms with Crippen LogP contribution in [-0.4, -0.2) is 30.4 Å². The Hall–Kier alpha value is -2.17. The number of carbonyl (C=O) groups excluding carboxylic acids is 1. The highest BCUT2D eigenvalue weighted by molar-refractivity contribution is 5.86. The van der Waals surface area contributed by atoms with E-state index in [1.807, 2.05) is 30.5 Å². The van der Waals surface area contributed by atoms with Crippen LogP contribution in [0, 0.1) is 0 Å². The fourth-order valence-corrected chi connectivity index (χ4v) is 2.29. The second-order valence-corrected chi connectivity index (χ2v) is 4.27. The van der Waals surface area contributed by atoms with E-state index in [0.29, 0.717) is 13.1 Å². The van der Waals surface area contributed by atoms with E-state index in [0.717, 1.165) is 16.7 Å². The summed E-state index contributed by atoms with van der Waals surface area (Å²) in [6.07, 6.45) is 1.53. The van der Waals surface area contributed by atoms with Crippen LogP contribution in [-0.2, 0) is 11.3 Å². The molecule has 0 spiro atoms. The van der Waals surface area contributed by atoms with E-state index in [4.69, 9.17) is 9.47 Å². The van der Waals surface area contributed by atoms with Gasteiger partial charge in [-0.25, -0.2) is 4.79 Å². The first-order valence-corrected chi connectivity index (χ1v) is 5.84. The van der Waals surface area contributed by atoms with Gasteiger partial charge in [0.2, 0.25) is 0 Å². The molecule has 2 aromatic rings. The summed E-state index contributed by atoms with van der Waals surface area (Å²) in [6.45, 7) is 1.21. The Kier molecular flexibility index (Phi) is 2.59. The molecule has 1 N–H and O–H groups in total. The van der Waals surface area contributed by atoms with Gasteiger partial charge in [0, 0.05) is 11.6 Å². The Morgan fingerprint density at radius 2 is 2.39 bits per heavy atom. The average Bonchev–Trinajstić information content (AvgIpc) is 2.97. The van der Waals surface area contributed by atoms with Crippen LogP contribution in [0.25, 0.3) is 10.9 Å². The van der Waals surface area contributed by atoms with Gasteiger partial charge in [0.05, 0.1) is 25.7 Å². The summed E-state index contributed by atoms with van der Waals surface area (Å²) < 4.78 is 12.5. The summed E-state index contributed by atoms with van der Waals surface area (Å²) in [5, 5.41) is 3.72. The number of hydrogen-bond donors (Lipinski definition) is 1. The third-order valence-corrected chi connectivity index (χ3v) is 3.14. The maximum absolute atomic E-state index is 11.0. The molecule has 1 aromatic heterocycles. The number of aromatic nitrogens is 1. The Balaban J connectivity index is 1.91. The van der Waals surface area contributed by atoms with E-state index in [-0.39, 0.29) is 12.2 Å². The van der Waals surface area contributed by atoms with Crippen molar-refractivity contribution in [1.29, 1.82) is 0 Å². The molecular weight excluding hydrogens is 232 g/mol. The van der Waals surface area contributed by atoms with E-state index in [2.05, 4.69) is 9.88 Å². The van der Waals surface area contributed by atoms with Crippen molar-refractivity contribution >= 4 is 17.0 Å². The summed E-state index contributed by atoms with van der Waals surface area (Å²) in [5.74, 6) is 0.854. The number of methoxy groups -OCH3 is 1. The fourth-order valence-electron chi connectivity index (χ4n) is 2.29. The van der Waals surface area contributed by atoms with Gasteiger partial charge < -0.3 is 19.4 Å². The molecule has 5 heteroatoms. The van der Waals surface area contributed by atoms with Crippen molar-refractivity contribution in [3.8, 4) is 5.75 Å². The number of cyclic esters (lactones) is 1. The monoisotopic (exact) mass is 246 g/mol. The van der Waals surface area contributed by atoms with Crippen LogP contribution < -0.4 is 10.1 Å². The lowest BCUT2D eigenvalue weighted by atomic mass is 10.2. The SMILES string of the molecule is COc1cccc2c1ccn2CC1CNC(=O)O1. The van der Waals surface area contributed by atoms with Crippen LogP contribution in [0.4, 0.5) is 4.79 Å². The lowest BCUT2D eigenvalue weighted by Crippen LogP contribution is -2.20. The predicted molar refractivity (Wildman–Crippen MR) is 66.8 cm³/mol. The van der Waals surface area contributed by atoms with Gasteiger partial charge in [-0.05, 0) is 18.2 Å². The van der Waals surface area contributed by atoms with Crippen LogP contribution in [0.3, 0.4) is 0 Å². The van der Waals surface area contributed by atoms with Gasteiger partial charge in [0.1, 0.15) is 11.9 Å². The van der Waals surface area contributed by atoms with Crippen molar-refractivity contribution in [3.05, 3.63) is 30.5 Å². The molecule has 1 aromatic carbocycles. The molecule has 1 unspecified atom stereocenters. The van der Waals surface area contributed by atoms with Crippen molar-refractivity contribution in [2.75, 3.05) is 13.7 Å². The largest absolute Gasteiger partial charge is 0.496 e. The number of nitrogens with one attached hydrogen (secondary N) is 1. The number of rotatable bonds is 3. The molecule has 0 radical (unpaired) electrons. The molecule has 1 amide bonds. The smallest absolute Gasteiger partial charge is 0.407 e. The van der Waals surface area contributed by atoms with Gasteiger partial charge in [0.25, 0.3) is 0 Å². The van der Waals surface area contributed by atoms with Crippen molar-refractivity contribution < 1.29 is 14.3 Å². The molecule has 18 heavy (non-hydrogen) atoms. The summed E-state index contributed by atoms with van der Waals surface area (Å²) in [6, 6.07) is 7.93. The minimum absolute atomic E-state index is 0.112. The molecule has 94 valence electrons. The van der Waals surface area contributed by atoms with E-state index in [1.165, 1.54) is 0 Å². The summed E-state index contributed by atoms with van der Waals surface area (Å²) in [4.78, 5) is 11.0. The number of fused-ring (bicyclic) bond motifs is 1. The number of amides is 1. The average molecular weight is 246 g/mol. The summed E-state index contributed by atoms with van der Waals surface area (Å²) in [7, 11) is 1.66. The Morgan fingerprint density at radius 1 is 1.50 bits per heavy atom. The zero-order valence-corrected chi connectivity index (χ0v) is 10.1. The van der Waals surface area contributed by atoms with E-state index >= 15 is 0 Å². The topological polar surface area (TPSA) is 52.5 Å². The molecular formula is C13H14N2O3. The molecule has 1 aliphatic heterocycles. The van der Waals surface area contributed by atoms with E-state index < -0.39 is 0 Å². The molecule has 1 atom stereocenters. The number of hydrogen-bond acceptors (Lipinski definition) is 3. The van der Waals surface area contributed by atoms with Crippen molar-refractivity contribution in [3.63, 3.8) is 0 Å². The zero-order chi connectivity index (χ0) is 12.5. The minimum atomic E-state index is -0.339. The predicted octanol–water partition coefficient (Wildman–Crippen LogP) is 1.76. The number of carbonyl (C=O) groups is 1. The Bertz CT molecular complexity index is 591. The highest BCUT2D eigenvalue weighted by Gasteiger charge is 2.23. The maximum Gasteiger partial charge on any atom is 0.407 e. The second-order valence-electron chi connectivity index (χ2n) is 4.27. The standard InChI is InChI=1S/C13H14N2O3/c1-17-12-4-2-3-11-10(12)5-6-15(11)8-9-7-14-13(16)18-9/h2-6,9H,7-8H2,1H3,(H,14,16). The van der Waals surface area contributed by atoms with Gasteiger partial charge in [-0.3, -0.25) is 0 Å². The normalized spacial score (nSPS) is 18.7. The Labute approximate surface area is 104 Å². The Morgan fingerprint density at radius 3 is 3.11 bits per heavy atom. The number of benzene rings is 1. The van der Waals surface area contributed by atoms with Gasteiger partial charge in [0.15, 0.2) is 0 Å². The molecule has 1 saturated heterocycles. The highest BCUT2D eigenvalue weighted by Crippen LogP contribution is 2.26. The van der Waals surface area contributed by atoms with Gasteiger partial charge in [-0.2, -0.15) is 0 Å². The lowest BCUT2D eigenvalue weighted by Gasteiger charge is -2.10. The quantitative estimate of drug-likeness (QED) is 0.897. The van der Waals surface area contributed by atoms with Crippen LogP contribution in [0.1, 0.15) is 0 Å². The third kappa shape index (κ3) is 1.77. The van der Waals surface area contributed by atoms with Crippen molar-refractivity contribution in [2.24, 2.45) is 0 Å². The van der Waals surface area contributed by atoms with Gasteiger partial charge in [-0.1, -0.05) is 6.07 Å². The fraction of sp³-hybridized carbons (Fsp3) is 0.308. The first-order valence-electron chi connectivity index (χ1n) is 5.84. The maximum atomic E-state index is 11.0. The third-order valence-electron chi connectivity index (χ3n) is 3.14. The van der Waals surface area contributed by atoms with Crippen LogP contribution in [0.2, 0.25) is 0 Å². The molecule has 1 fully saturated rings. The number of ether oxygens (including phenoxy) is 2.